The lowest BCUT2D eigenvalue weighted by atomic mass is 9.97. The lowest BCUT2D eigenvalue weighted by Crippen LogP contribution is -2.46. The minimum atomic E-state index is 0.523. The van der Waals surface area contributed by atoms with Gasteiger partial charge < -0.3 is 15.0 Å². The second-order valence-corrected chi connectivity index (χ2v) is 5.25. The van der Waals surface area contributed by atoms with Gasteiger partial charge in [-0.15, -0.1) is 0 Å². The first-order chi connectivity index (χ1) is 7.83. The van der Waals surface area contributed by atoms with Crippen molar-refractivity contribution in [1.29, 1.82) is 0 Å². The second-order valence-electron chi connectivity index (χ2n) is 5.25. The molecule has 0 bridgehead atoms. The first-order valence-electron chi connectivity index (χ1n) is 6.84. The van der Waals surface area contributed by atoms with Crippen molar-refractivity contribution in [3.05, 3.63) is 0 Å². The van der Waals surface area contributed by atoms with Gasteiger partial charge in [-0.25, -0.2) is 0 Å². The molecule has 0 spiro atoms. The zero-order chi connectivity index (χ0) is 11.4. The van der Waals surface area contributed by atoms with Crippen LogP contribution in [0.15, 0.2) is 0 Å². The zero-order valence-electron chi connectivity index (χ0n) is 10.7. The third-order valence-corrected chi connectivity index (χ3v) is 4.16. The summed E-state index contributed by atoms with van der Waals surface area (Å²) in [4.78, 5) is 2.63. The summed E-state index contributed by atoms with van der Waals surface area (Å²) in [7, 11) is 2.09. The van der Waals surface area contributed by atoms with Gasteiger partial charge in [0.05, 0.1) is 6.10 Å². The number of rotatable bonds is 4. The highest BCUT2D eigenvalue weighted by Gasteiger charge is 2.29. The summed E-state index contributed by atoms with van der Waals surface area (Å²) >= 11 is 0. The van der Waals surface area contributed by atoms with Gasteiger partial charge in [-0.05, 0) is 45.2 Å². The summed E-state index contributed by atoms with van der Waals surface area (Å²) in [6, 6.07) is 0.705. The topological polar surface area (TPSA) is 24.5 Å². The van der Waals surface area contributed by atoms with Crippen LogP contribution in [0.3, 0.4) is 0 Å². The molecule has 2 saturated heterocycles. The van der Waals surface area contributed by atoms with Gasteiger partial charge in [0.2, 0.25) is 0 Å². The lowest BCUT2D eigenvalue weighted by molar-refractivity contribution is 0.0700. The molecule has 0 aromatic heterocycles. The molecule has 3 unspecified atom stereocenters. The smallest absolute Gasteiger partial charge is 0.0613 e. The van der Waals surface area contributed by atoms with E-state index in [4.69, 9.17) is 4.74 Å². The Balaban J connectivity index is 1.79. The average Bonchev–Trinajstić information content (AvgIpc) is 2.76. The summed E-state index contributed by atoms with van der Waals surface area (Å²) in [6.07, 6.45) is 5.64. The molecular formula is C13H26N2O. The van der Waals surface area contributed by atoms with E-state index < -0.39 is 0 Å². The van der Waals surface area contributed by atoms with Crippen LogP contribution in [-0.2, 0) is 4.74 Å². The normalized spacial score (nSPS) is 36.8. The first kappa shape index (κ1) is 12.3. The highest BCUT2D eigenvalue weighted by molar-refractivity contribution is 4.82. The Kier molecular flexibility index (Phi) is 4.62. The molecule has 2 heterocycles. The van der Waals surface area contributed by atoms with E-state index in [1.165, 1.54) is 45.3 Å². The quantitative estimate of drug-likeness (QED) is 0.786. The predicted molar refractivity (Wildman–Crippen MR) is 66.7 cm³/mol. The fourth-order valence-corrected chi connectivity index (χ4v) is 3.14. The van der Waals surface area contributed by atoms with Gasteiger partial charge in [-0.2, -0.15) is 0 Å². The maximum Gasteiger partial charge on any atom is 0.0613 e. The minimum absolute atomic E-state index is 0.523. The molecule has 2 fully saturated rings. The summed E-state index contributed by atoms with van der Waals surface area (Å²) in [5, 5.41) is 3.41. The van der Waals surface area contributed by atoms with Crippen LogP contribution in [0.1, 0.15) is 32.6 Å². The predicted octanol–water partition coefficient (Wildman–Crippen LogP) is 1.49. The molecule has 0 aromatic rings. The molecule has 3 heteroatoms. The summed E-state index contributed by atoms with van der Waals surface area (Å²) in [6.45, 7) is 6.98. The highest BCUT2D eigenvalue weighted by Crippen LogP contribution is 2.25. The van der Waals surface area contributed by atoms with Crippen LogP contribution in [0.4, 0.5) is 0 Å². The fraction of sp³-hybridized carbons (Fsp3) is 1.00. The number of hydrogen-bond acceptors (Lipinski definition) is 3. The Morgan fingerprint density at radius 2 is 2.25 bits per heavy atom. The Morgan fingerprint density at radius 1 is 1.38 bits per heavy atom. The van der Waals surface area contributed by atoms with Crippen molar-refractivity contribution in [2.75, 3.05) is 33.3 Å². The third-order valence-electron chi connectivity index (χ3n) is 4.16. The number of ether oxygens (including phenoxy) is 1. The van der Waals surface area contributed by atoms with Crippen LogP contribution in [-0.4, -0.2) is 50.3 Å². The van der Waals surface area contributed by atoms with Crippen molar-refractivity contribution in [3.8, 4) is 0 Å². The van der Waals surface area contributed by atoms with E-state index in [-0.39, 0.29) is 0 Å². The van der Waals surface area contributed by atoms with Crippen molar-refractivity contribution in [2.24, 2.45) is 5.92 Å². The van der Waals surface area contributed by atoms with E-state index >= 15 is 0 Å². The van der Waals surface area contributed by atoms with Gasteiger partial charge in [-0.1, -0.05) is 6.92 Å². The fourth-order valence-electron chi connectivity index (χ4n) is 3.14. The maximum atomic E-state index is 5.77. The number of hydrogen-bond donors (Lipinski definition) is 1. The molecule has 2 rings (SSSR count). The van der Waals surface area contributed by atoms with Gasteiger partial charge in [0, 0.05) is 25.7 Å². The Morgan fingerprint density at radius 3 is 3.00 bits per heavy atom. The monoisotopic (exact) mass is 226 g/mol. The third kappa shape index (κ3) is 2.96. The van der Waals surface area contributed by atoms with Crippen LogP contribution in [0, 0.1) is 5.92 Å². The van der Waals surface area contributed by atoms with Crippen molar-refractivity contribution in [1.82, 2.24) is 10.2 Å². The van der Waals surface area contributed by atoms with E-state index in [1.54, 1.807) is 0 Å². The van der Waals surface area contributed by atoms with E-state index in [1.807, 2.05) is 0 Å². The van der Waals surface area contributed by atoms with Gasteiger partial charge in [-0.3, -0.25) is 0 Å². The Labute approximate surface area is 99.5 Å². The number of likely N-dealkylation sites (N-methyl/N-ethyl adjacent to an activating group) is 1. The molecule has 1 N–H and O–H groups in total. The Hall–Kier alpha value is -0.120. The van der Waals surface area contributed by atoms with Gasteiger partial charge >= 0.3 is 0 Å². The van der Waals surface area contributed by atoms with Gasteiger partial charge in [0.25, 0.3) is 0 Å². The van der Waals surface area contributed by atoms with Crippen molar-refractivity contribution in [3.63, 3.8) is 0 Å². The summed E-state index contributed by atoms with van der Waals surface area (Å²) in [5.74, 6) is 0.778. The maximum absolute atomic E-state index is 5.77. The first-order valence-corrected chi connectivity index (χ1v) is 6.84. The van der Waals surface area contributed by atoms with Crippen LogP contribution in [0.5, 0.6) is 0 Å². The summed E-state index contributed by atoms with van der Waals surface area (Å²) in [5.41, 5.74) is 0. The van der Waals surface area contributed by atoms with Gasteiger partial charge in [0.1, 0.15) is 0 Å². The molecule has 94 valence electrons. The largest absolute Gasteiger partial charge is 0.378 e. The standard InChI is InChI=1S/C13H26N2O/c1-3-13-11(6-8-16-13)9-15-7-4-5-12(10-15)14-2/h11-14H,3-10H2,1-2H3. The molecule has 0 saturated carbocycles. The molecule has 16 heavy (non-hydrogen) atoms. The molecule has 0 radical (unpaired) electrons. The van der Waals surface area contributed by atoms with E-state index in [0.717, 1.165) is 12.5 Å². The number of piperidine rings is 1. The van der Waals surface area contributed by atoms with Crippen LogP contribution in [0.2, 0.25) is 0 Å². The molecule has 0 amide bonds. The molecule has 2 aliphatic heterocycles. The summed E-state index contributed by atoms with van der Waals surface area (Å²) < 4.78 is 5.77. The van der Waals surface area contributed by atoms with Crippen LogP contribution in [0.25, 0.3) is 0 Å². The number of likely N-dealkylation sites (tertiary alicyclic amines) is 1. The van der Waals surface area contributed by atoms with Crippen molar-refractivity contribution >= 4 is 0 Å². The molecule has 0 aliphatic carbocycles. The zero-order valence-corrected chi connectivity index (χ0v) is 10.7. The lowest BCUT2D eigenvalue weighted by Gasteiger charge is -2.34. The van der Waals surface area contributed by atoms with Gasteiger partial charge in [0.15, 0.2) is 0 Å². The Bertz CT molecular complexity index is 210. The highest BCUT2D eigenvalue weighted by atomic mass is 16.5. The molecule has 0 aromatic carbocycles. The average molecular weight is 226 g/mol. The number of nitrogens with one attached hydrogen (secondary N) is 1. The molecule has 3 nitrogen and oxygen atoms in total. The van der Waals surface area contributed by atoms with E-state index in [9.17, 15) is 0 Å². The van der Waals surface area contributed by atoms with Crippen LogP contribution >= 0.6 is 0 Å². The van der Waals surface area contributed by atoms with E-state index in [2.05, 4.69) is 24.2 Å². The van der Waals surface area contributed by atoms with E-state index in [0.29, 0.717) is 12.1 Å². The molecular weight excluding hydrogens is 200 g/mol. The van der Waals surface area contributed by atoms with Crippen molar-refractivity contribution < 1.29 is 4.74 Å². The molecule has 3 atom stereocenters. The SMILES string of the molecule is CCC1OCCC1CN1CCCC(NC)C1. The number of nitrogens with zero attached hydrogens (tertiary/aromatic N) is 1. The second kappa shape index (κ2) is 5.99. The minimum Gasteiger partial charge on any atom is -0.378 e. The van der Waals surface area contributed by atoms with Crippen LogP contribution < -0.4 is 5.32 Å². The molecule has 2 aliphatic rings. The van der Waals surface area contributed by atoms with Crippen molar-refractivity contribution in [2.45, 2.75) is 44.8 Å².